The number of rotatable bonds is 4. The summed E-state index contributed by atoms with van der Waals surface area (Å²) in [7, 11) is 0. The third kappa shape index (κ3) is 2.31. The molecule has 0 spiro atoms. The van der Waals surface area contributed by atoms with E-state index < -0.39 is 0 Å². The lowest BCUT2D eigenvalue weighted by Gasteiger charge is -2.06. The fourth-order valence-corrected chi connectivity index (χ4v) is 1.43. The van der Waals surface area contributed by atoms with E-state index in [2.05, 4.69) is 5.10 Å². The topological polar surface area (TPSA) is 34.9 Å². The molecule has 1 unspecified atom stereocenters. The van der Waals surface area contributed by atoms with E-state index in [0.29, 0.717) is 11.4 Å². The van der Waals surface area contributed by atoms with Gasteiger partial charge in [-0.2, -0.15) is 5.10 Å². The molecule has 3 nitrogen and oxygen atoms in total. The molecule has 0 aliphatic heterocycles. The normalized spacial score (nSPS) is 12.8. The SMILES string of the molecule is CCn1ncc(Cl)c1CC(C)C=O. The Morgan fingerprint density at radius 2 is 2.46 bits per heavy atom. The number of nitrogens with zero attached hydrogens (tertiary/aromatic N) is 2. The summed E-state index contributed by atoms with van der Waals surface area (Å²) in [6.45, 7) is 4.66. The van der Waals surface area contributed by atoms with Crippen LogP contribution in [-0.4, -0.2) is 16.1 Å². The van der Waals surface area contributed by atoms with Crippen LogP contribution in [0.5, 0.6) is 0 Å². The molecule has 0 aromatic carbocycles. The highest BCUT2D eigenvalue weighted by Crippen LogP contribution is 2.18. The van der Waals surface area contributed by atoms with Crippen molar-refractivity contribution < 1.29 is 4.79 Å². The number of hydrogen-bond acceptors (Lipinski definition) is 2. The van der Waals surface area contributed by atoms with Crippen LogP contribution in [0.25, 0.3) is 0 Å². The molecule has 0 radical (unpaired) electrons. The fraction of sp³-hybridized carbons (Fsp3) is 0.556. The molecule has 13 heavy (non-hydrogen) atoms. The Morgan fingerprint density at radius 1 is 1.77 bits per heavy atom. The van der Waals surface area contributed by atoms with E-state index in [-0.39, 0.29) is 5.92 Å². The second-order valence-corrected chi connectivity index (χ2v) is 3.48. The highest BCUT2D eigenvalue weighted by Gasteiger charge is 2.11. The minimum absolute atomic E-state index is 0.000463. The maximum Gasteiger partial charge on any atom is 0.123 e. The van der Waals surface area contributed by atoms with Gasteiger partial charge in [0.15, 0.2) is 0 Å². The quantitative estimate of drug-likeness (QED) is 0.697. The minimum atomic E-state index is -0.000463. The molecular formula is C9H13ClN2O. The molecule has 1 aromatic heterocycles. The minimum Gasteiger partial charge on any atom is -0.303 e. The first kappa shape index (κ1) is 10.3. The molecule has 4 heteroatoms. The van der Waals surface area contributed by atoms with Crippen LogP contribution in [0.2, 0.25) is 5.02 Å². The highest BCUT2D eigenvalue weighted by molar-refractivity contribution is 6.31. The smallest absolute Gasteiger partial charge is 0.123 e. The summed E-state index contributed by atoms with van der Waals surface area (Å²) < 4.78 is 1.82. The number of aldehydes is 1. The first-order chi connectivity index (χ1) is 6.19. The molecule has 1 atom stereocenters. The zero-order valence-corrected chi connectivity index (χ0v) is 8.58. The van der Waals surface area contributed by atoms with Gasteiger partial charge in [0.2, 0.25) is 0 Å². The average molecular weight is 201 g/mol. The van der Waals surface area contributed by atoms with E-state index in [1.165, 1.54) is 0 Å². The van der Waals surface area contributed by atoms with Gasteiger partial charge in [-0.3, -0.25) is 4.68 Å². The lowest BCUT2D eigenvalue weighted by atomic mass is 10.1. The first-order valence-electron chi connectivity index (χ1n) is 4.34. The molecule has 0 aliphatic carbocycles. The van der Waals surface area contributed by atoms with E-state index in [1.807, 2.05) is 18.5 Å². The number of aryl methyl sites for hydroxylation is 1. The van der Waals surface area contributed by atoms with Crippen molar-refractivity contribution in [1.29, 1.82) is 0 Å². The van der Waals surface area contributed by atoms with E-state index in [1.54, 1.807) is 6.20 Å². The lowest BCUT2D eigenvalue weighted by molar-refractivity contribution is -0.110. The van der Waals surface area contributed by atoms with E-state index in [4.69, 9.17) is 11.6 Å². The largest absolute Gasteiger partial charge is 0.303 e. The summed E-state index contributed by atoms with van der Waals surface area (Å²) in [4.78, 5) is 10.5. The third-order valence-corrected chi connectivity index (χ3v) is 2.26. The summed E-state index contributed by atoms with van der Waals surface area (Å²) in [6, 6.07) is 0. The van der Waals surface area contributed by atoms with Crippen molar-refractivity contribution in [3.8, 4) is 0 Å². The molecule has 0 saturated heterocycles. The molecule has 1 rings (SSSR count). The van der Waals surface area contributed by atoms with Crippen LogP contribution in [0, 0.1) is 5.92 Å². The number of aromatic nitrogens is 2. The second kappa shape index (κ2) is 4.42. The summed E-state index contributed by atoms with van der Waals surface area (Å²) in [6.07, 6.45) is 3.22. The van der Waals surface area contributed by atoms with Crippen molar-refractivity contribution in [1.82, 2.24) is 9.78 Å². The molecule has 0 saturated carbocycles. The van der Waals surface area contributed by atoms with Gasteiger partial charge in [-0.1, -0.05) is 18.5 Å². The van der Waals surface area contributed by atoms with Crippen LogP contribution < -0.4 is 0 Å². The van der Waals surface area contributed by atoms with Crippen molar-refractivity contribution in [2.24, 2.45) is 5.92 Å². The number of halogens is 1. The zero-order valence-electron chi connectivity index (χ0n) is 7.83. The average Bonchev–Trinajstić information content (AvgIpc) is 2.48. The Labute approximate surface area is 82.7 Å². The summed E-state index contributed by atoms with van der Waals surface area (Å²) in [5.74, 6) is -0.000463. The third-order valence-electron chi connectivity index (χ3n) is 1.94. The lowest BCUT2D eigenvalue weighted by Crippen LogP contribution is -2.08. The molecule has 0 N–H and O–H groups in total. The molecule has 1 heterocycles. The van der Waals surface area contributed by atoms with Crippen molar-refractivity contribution in [2.75, 3.05) is 0 Å². The molecular weight excluding hydrogens is 188 g/mol. The standard InChI is InChI=1S/C9H13ClN2O/c1-3-12-9(4-7(2)6-13)8(10)5-11-12/h5-7H,3-4H2,1-2H3. The monoisotopic (exact) mass is 200 g/mol. The summed E-state index contributed by atoms with van der Waals surface area (Å²) in [5.41, 5.74) is 0.948. The number of carbonyl (C=O) groups excluding carboxylic acids is 1. The molecule has 1 aromatic rings. The Hall–Kier alpha value is -0.830. The molecule has 0 bridgehead atoms. The van der Waals surface area contributed by atoms with Crippen LogP contribution in [0.1, 0.15) is 19.5 Å². The van der Waals surface area contributed by atoms with E-state index in [0.717, 1.165) is 18.5 Å². The van der Waals surface area contributed by atoms with Crippen molar-refractivity contribution in [2.45, 2.75) is 26.8 Å². The van der Waals surface area contributed by atoms with Crippen molar-refractivity contribution in [3.63, 3.8) is 0 Å². The maximum absolute atomic E-state index is 10.5. The fourth-order valence-electron chi connectivity index (χ4n) is 1.22. The Morgan fingerprint density at radius 3 is 3.00 bits per heavy atom. The molecule has 72 valence electrons. The van der Waals surface area contributed by atoms with Gasteiger partial charge in [0, 0.05) is 18.9 Å². The Bertz CT molecular complexity index is 296. The van der Waals surface area contributed by atoms with Gasteiger partial charge in [-0.05, 0) is 6.92 Å². The van der Waals surface area contributed by atoms with Crippen LogP contribution in [0.4, 0.5) is 0 Å². The molecule has 0 aliphatic rings. The van der Waals surface area contributed by atoms with Gasteiger partial charge in [0.05, 0.1) is 16.9 Å². The van der Waals surface area contributed by atoms with Crippen LogP contribution in [-0.2, 0) is 17.8 Å². The van der Waals surface area contributed by atoms with Crippen LogP contribution in [0.3, 0.4) is 0 Å². The van der Waals surface area contributed by atoms with Crippen molar-refractivity contribution >= 4 is 17.9 Å². The summed E-state index contributed by atoms with van der Waals surface area (Å²) in [5, 5.41) is 4.74. The highest BCUT2D eigenvalue weighted by atomic mass is 35.5. The van der Waals surface area contributed by atoms with Gasteiger partial charge in [0.25, 0.3) is 0 Å². The van der Waals surface area contributed by atoms with E-state index >= 15 is 0 Å². The van der Waals surface area contributed by atoms with Crippen LogP contribution in [0.15, 0.2) is 6.20 Å². The summed E-state index contributed by atoms with van der Waals surface area (Å²) >= 11 is 5.93. The predicted molar refractivity (Wildman–Crippen MR) is 51.8 cm³/mol. The Kier molecular flexibility index (Phi) is 3.48. The zero-order chi connectivity index (χ0) is 9.84. The van der Waals surface area contributed by atoms with Crippen LogP contribution >= 0.6 is 11.6 Å². The molecule has 0 amide bonds. The predicted octanol–water partition coefficient (Wildman–Crippen LogP) is 1.93. The maximum atomic E-state index is 10.5. The Balaban J connectivity index is 2.84. The van der Waals surface area contributed by atoms with Gasteiger partial charge >= 0.3 is 0 Å². The van der Waals surface area contributed by atoms with E-state index in [9.17, 15) is 4.79 Å². The van der Waals surface area contributed by atoms with Gasteiger partial charge in [-0.25, -0.2) is 0 Å². The van der Waals surface area contributed by atoms with Gasteiger partial charge in [0.1, 0.15) is 6.29 Å². The van der Waals surface area contributed by atoms with Gasteiger partial charge < -0.3 is 4.79 Å². The first-order valence-corrected chi connectivity index (χ1v) is 4.72. The second-order valence-electron chi connectivity index (χ2n) is 3.07. The number of hydrogen-bond donors (Lipinski definition) is 0. The van der Waals surface area contributed by atoms with Crippen molar-refractivity contribution in [3.05, 3.63) is 16.9 Å². The molecule has 0 fully saturated rings. The number of carbonyl (C=O) groups is 1. The van der Waals surface area contributed by atoms with Gasteiger partial charge in [-0.15, -0.1) is 0 Å².